The van der Waals surface area contributed by atoms with E-state index in [1.807, 2.05) is 11.0 Å². The number of nitrogens with zero attached hydrogens (tertiary/aromatic N) is 1. The van der Waals surface area contributed by atoms with Crippen LogP contribution in [0, 0.1) is 0 Å². The number of ketones is 1. The summed E-state index contributed by atoms with van der Waals surface area (Å²) in [7, 11) is 1.57. The van der Waals surface area contributed by atoms with Gasteiger partial charge in [0.15, 0.2) is 5.78 Å². The number of aliphatic hydroxyl groups is 1. The molecule has 7 heteroatoms. The monoisotopic (exact) mass is 479 g/mol. The average molecular weight is 480 g/mol. The Kier molecular flexibility index (Phi) is 9.61. The lowest BCUT2D eigenvalue weighted by molar-refractivity contribution is -0.137. The summed E-state index contributed by atoms with van der Waals surface area (Å²) in [5.74, 6) is -0.138. The molecule has 1 fully saturated rings. The molecule has 1 heterocycles. The maximum atomic E-state index is 12.9. The molecule has 1 aliphatic rings. The number of hydrogen-bond donors (Lipinski definition) is 2. The summed E-state index contributed by atoms with van der Waals surface area (Å²) in [5, 5.41) is 19.4. The number of aliphatic carboxylic acids is 1. The fourth-order valence-corrected chi connectivity index (χ4v) is 4.28. The van der Waals surface area contributed by atoms with Gasteiger partial charge in [0.1, 0.15) is 5.75 Å². The van der Waals surface area contributed by atoms with Crippen molar-refractivity contribution in [2.75, 3.05) is 13.7 Å². The highest BCUT2D eigenvalue weighted by Crippen LogP contribution is 2.24. The normalized spacial score (nSPS) is 16.6. The van der Waals surface area contributed by atoms with Gasteiger partial charge in [0.25, 0.3) is 0 Å². The summed E-state index contributed by atoms with van der Waals surface area (Å²) in [4.78, 5) is 37.6. The van der Waals surface area contributed by atoms with Crippen LogP contribution in [0.25, 0.3) is 0 Å². The number of aliphatic hydroxyl groups excluding tert-OH is 1. The molecule has 2 atom stereocenters. The van der Waals surface area contributed by atoms with Gasteiger partial charge in [-0.25, -0.2) is 0 Å². The third-order valence-corrected chi connectivity index (χ3v) is 6.27. The van der Waals surface area contributed by atoms with Crippen molar-refractivity contribution in [3.05, 3.63) is 77.4 Å². The predicted octanol–water partition coefficient (Wildman–Crippen LogP) is 4.54. The van der Waals surface area contributed by atoms with E-state index in [2.05, 4.69) is 0 Å². The van der Waals surface area contributed by atoms with Crippen LogP contribution in [-0.2, 0) is 9.59 Å². The number of carbonyl (C=O) groups is 3. The quantitative estimate of drug-likeness (QED) is 0.248. The van der Waals surface area contributed by atoms with Gasteiger partial charge in [0, 0.05) is 30.5 Å². The summed E-state index contributed by atoms with van der Waals surface area (Å²) in [6.07, 6.45) is 7.22. The number of amides is 1. The van der Waals surface area contributed by atoms with Crippen LogP contribution in [0.3, 0.4) is 0 Å². The first-order valence-corrected chi connectivity index (χ1v) is 12.1. The molecule has 0 aliphatic carbocycles. The molecule has 1 unspecified atom stereocenters. The van der Waals surface area contributed by atoms with Crippen LogP contribution < -0.4 is 4.74 Å². The molecule has 7 nitrogen and oxygen atoms in total. The molecule has 0 bridgehead atoms. The molecule has 1 amide bonds. The van der Waals surface area contributed by atoms with Crippen LogP contribution in [0.15, 0.2) is 60.7 Å². The van der Waals surface area contributed by atoms with Crippen LogP contribution in [0.2, 0.25) is 0 Å². The lowest BCUT2D eigenvalue weighted by Crippen LogP contribution is -2.32. The molecule has 186 valence electrons. The zero-order valence-electron chi connectivity index (χ0n) is 20.1. The molecule has 2 N–H and O–H groups in total. The Hall–Kier alpha value is -3.45. The second-order valence-electron chi connectivity index (χ2n) is 8.76. The van der Waals surface area contributed by atoms with Crippen molar-refractivity contribution in [3.63, 3.8) is 0 Å². The number of hydrogen-bond acceptors (Lipinski definition) is 5. The number of likely N-dealkylation sites (tertiary alicyclic amines) is 1. The van der Waals surface area contributed by atoms with Crippen molar-refractivity contribution < 1.29 is 29.3 Å². The van der Waals surface area contributed by atoms with Crippen molar-refractivity contribution in [1.82, 2.24) is 4.90 Å². The van der Waals surface area contributed by atoms with E-state index >= 15 is 0 Å². The van der Waals surface area contributed by atoms with Crippen LogP contribution in [0.4, 0.5) is 0 Å². The second kappa shape index (κ2) is 12.9. The van der Waals surface area contributed by atoms with Gasteiger partial charge >= 0.3 is 5.97 Å². The zero-order valence-corrected chi connectivity index (χ0v) is 20.1. The molecule has 2 aromatic rings. The summed E-state index contributed by atoms with van der Waals surface area (Å²) >= 11 is 0. The minimum absolute atomic E-state index is 0.0692. The first-order valence-electron chi connectivity index (χ1n) is 12.1. The molecular formula is C28H33NO6. The van der Waals surface area contributed by atoms with Crippen molar-refractivity contribution in [3.8, 4) is 5.75 Å². The Balaban J connectivity index is 1.58. The fourth-order valence-electron chi connectivity index (χ4n) is 4.28. The minimum atomic E-state index is -0.896. The van der Waals surface area contributed by atoms with Gasteiger partial charge in [-0.2, -0.15) is 0 Å². The van der Waals surface area contributed by atoms with Gasteiger partial charge in [-0.15, -0.1) is 0 Å². The largest absolute Gasteiger partial charge is 0.497 e. The Morgan fingerprint density at radius 2 is 1.83 bits per heavy atom. The molecule has 0 aromatic heterocycles. The van der Waals surface area contributed by atoms with Gasteiger partial charge in [0.2, 0.25) is 5.91 Å². The molecule has 2 aromatic carbocycles. The van der Waals surface area contributed by atoms with Crippen molar-refractivity contribution in [2.45, 2.75) is 57.1 Å². The zero-order chi connectivity index (χ0) is 25.2. The van der Waals surface area contributed by atoms with Gasteiger partial charge < -0.3 is 19.8 Å². The summed E-state index contributed by atoms with van der Waals surface area (Å²) in [5.41, 5.74) is 1.63. The topological polar surface area (TPSA) is 104 Å². The van der Waals surface area contributed by atoms with E-state index in [0.717, 1.165) is 19.3 Å². The number of rotatable bonds is 13. The molecule has 1 saturated heterocycles. The summed E-state index contributed by atoms with van der Waals surface area (Å²) in [6, 6.07) is 13.8. The highest BCUT2D eigenvalue weighted by molar-refractivity contribution is 6.09. The predicted molar refractivity (Wildman–Crippen MR) is 132 cm³/mol. The molecule has 3 rings (SSSR count). The van der Waals surface area contributed by atoms with Crippen LogP contribution in [-0.4, -0.2) is 52.5 Å². The molecule has 0 radical (unpaired) electrons. The Labute approximate surface area is 206 Å². The number of unbranched alkanes of at least 4 members (excludes halogenated alkanes) is 3. The van der Waals surface area contributed by atoms with Crippen molar-refractivity contribution in [2.24, 2.45) is 0 Å². The SMILES string of the molecule is COc1ccc(C(=O)c2cccc(C(O)C=C[C@H]3CCC(=O)N3CCCCCCC(=O)O)c2)cc1. The van der Waals surface area contributed by atoms with E-state index in [4.69, 9.17) is 9.84 Å². The van der Waals surface area contributed by atoms with E-state index in [9.17, 15) is 19.5 Å². The molecule has 0 saturated carbocycles. The number of carbonyl (C=O) groups excluding carboxylic acids is 2. The van der Waals surface area contributed by atoms with Gasteiger partial charge in [0.05, 0.1) is 19.3 Å². The van der Waals surface area contributed by atoms with E-state index in [-0.39, 0.29) is 24.2 Å². The number of methoxy groups -OCH3 is 1. The highest BCUT2D eigenvalue weighted by Gasteiger charge is 2.28. The summed E-state index contributed by atoms with van der Waals surface area (Å²) < 4.78 is 5.14. The molecular weight excluding hydrogens is 446 g/mol. The maximum absolute atomic E-state index is 12.9. The molecule has 0 spiro atoms. The highest BCUT2D eigenvalue weighted by atomic mass is 16.5. The second-order valence-corrected chi connectivity index (χ2v) is 8.76. The Morgan fingerprint density at radius 1 is 1.09 bits per heavy atom. The standard InChI is InChI=1S/C28H33NO6/c1-35-24-14-10-20(11-15-24)28(34)22-8-6-7-21(19-22)25(30)16-12-23-13-17-26(31)29(23)18-5-3-2-4-9-27(32)33/h6-8,10-12,14-16,19,23,25,30H,2-5,9,13,17-18H2,1H3,(H,32,33)/t23-,25?/m0/s1. The van der Waals surface area contributed by atoms with E-state index in [1.165, 1.54) is 0 Å². The Bertz CT molecular complexity index is 1050. The number of benzene rings is 2. The number of carboxylic acids is 1. The third-order valence-electron chi connectivity index (χ3n) is 6.27. The smallest absolute Gasteiger partial charge is 0.303 e. The average Bonchev–Trinajstić information content (AvgIpc) is 3.23. The van der Waals surface area contributed by atoms with Gasteiger partial charge in [-0.1, -0.05) is 43.2 Å². The van der Waals surface area contributed by atoms with E-state index in [1.54, 1.807) is 61.7 Å². The minimum Gasteiger partial charge on any atom is -0.497 e. The molecule has 1 aliphatic heterocycles. The van der Waals surface area contributed by atoms with Crippen LogP contribution >= 0.6 is 0 Å². The fraction of sp³-hybridized carbons (Fsp3) is 0.393. The number of carboxylic acid groups (broad SMARTS) is 1. The lowest BCUT2D eigenvalue weighted by atomic mass is 9.99. The van der Waals surface area contributed by atoms with E-state index < -0.39 is 12.1 Å². The van der Waals surface area contributed by atoms with Gasteiger partial charge in [-0.3, -0.25) is 14.4 Å². The van der Waals surface area contributed by atoms with Crippen molar-refractivity contribution in [1.29, 1.82) is 0 Å². The maximum Gasteiger partial charge on any atom is 0.303 e. The summed E-state index contributed by atoms with van der Waals surface area (Å²) in [6.45, 7) is 0.628. The van der Waals surface area contributed by atoms with Crippen LogP contribution in [0.5, 0.6) is 5.75 Å². The number of ether oxygens (including phenoxy) is 1. The third kappa shape index (κ3) is 7.52. The lowest BCUT2D eigenvalue weighted by Gasteiger charge is -2.22. The first kappa shape index (κ1) is 26.2. The van der Waals surface area contributed by atoms with Gasteiger partial charge in [-0.05, 0) is 55.2 Å². The van der Waals surface area contributed by atoms with Crippen LogP contribution in [0.1, 0.15) is 72.5 Å². The molecule has 35 heavy (non-hydrogen) atoms. The van der Waals surface area contributed by atoms with Crippen molar-refractivity contribution >= 4 is 17.7 Å². The first-order chi connectivity index (χ1) is 16.9. The van der Waals surface area contributed by atoms with E-state index in [0.29, 0.717) is 48.2 Å². The Morgan fingerprint density at radius 3 is 2.54 bits per heavy atom.